The van der Waals surface area contributed by atoms with E-state index in [1.165, 1.54) is 25.7 Å². The molecule has 1 aliphatic carbocycles. The van der Waals surface area contributed by atoms with Crippen molar-refractivity contribution in [2.75, 3.05) is 31.1 Å². The van der Waals surface area contributed by atoms with Crippen molar-refractivity contribution in [3.63, 3.8) is 0 Å². The molecule has 1 saturated heterocycles. The Morgan fingerprint density at radius 1 is 0.839 bits per heavy atom. The third kappa shape index (κ3) is 4.41. The van der Waals surface area contributed by atoms with Crippen molar-refractivity contribution >= 4 is 22.8 Å². The number of hydrogen-bond acceptors (Lipinski definition) is 4. The third-order valence-electron chi connectivity index (χ3n) is 6.77. The summed E-state index contributed by atoms with van der Waals surface area (Å²) in [6, 6.07) is 18.3. The molecule has 2 fully saturated rings. The number of benzene rings is 2. The van der Waals surface area contributed by atoms with E-state index < -0.39 is 0 Å². The van der Waals surface area contributed by atoms with E-state index in [9.17, 15) is 4.79 Å². The van der Waals surface area contributed by atoms with E-state index in [4.69, 9.17) is 9.97 Å². The zero-order valence-corrected chi connectivity index (χ0v) is 18.0. The van der Waals surface area contributed by atoms with Gasteiger partial charge in [0, 0.05) is 38.2 Å². The average Bonchev–Trinajstić information content (AvgIpc) is 3.36. The zero-order valence-electron chi connectivity index (χ0n) is 18.0. The number of fused-ring (bicyclic) bond motifs is 1. The normalized spacial score (nSPS) is 17.4. The molecule has 1 amide bonds. The molecule has 2 heterocycles. The van der Waals surface area contributed by atoms with Crippen LogP contribution in [0.2, 0.25) is 0 Å². The average molecular weight is 415 g/mol. The van der Waals surface area contributed by atoms with Crippen LogP contribution in [0.1, 0.15) is 38.5 Å². The molecular formula is C26H30N4O. The van der Waals surface area contributed by atoms with E-state index in [1.807, 2.05) is 47.4 Å². The summed E-state index contributed by atoms with van der Waals surface area (Å²) in [6.45, 7) is 3.10. The quantitative estimate of drug-likeness (QED) is 0.595. The largest absolute Gasteiger partial charge is 0.351 e. The standard InChI is InChI=1S/C26H30N4O/c31-24(15-14-20-8-4-5-9-20)29-16-18-30(19-17-29)26-25(21-10-2-1-3-11-21)27-22-12-6-7-13-23(22)28-26/h1-3,6-7,10-13,20H,4-5,8-9,14-19H2. The fourth-order valence-electron chi connectivity index (χ4n) is 4.95. The van der Waals surface area contributed by atoms with Crippen LogP contribution in [0, 0.1) is 5.92 Å². The molecule has 0 unspecified atom stereocenters. The molecule has 3 aromatic rings. The Morgan fingerprint density at radius 3 is 2.19 bits per heavy atom. The predicted molar refractivity (Wildman–Crippen MR) is 125 cm³/mol. The van der Waals surface area contributed by atoms with Crippen molar-refractivity contribution in [1.82, 2.24) is 14.9 Å². The maximum absolute atomic E-state index is 12.7. The molecule has 5 heteroatoms. The highest BCUT2D eigenvalue weighted by molar-refractivity contribution is 5.84. The van der Waals surface area contributed by atoms with Crippen molar-refractivity contribution in [3.05, 3.63) is 54.6 Å². The minimum absolute atomic E-state index is 0.319. The number of piperazine rings is 1. The molecule has 31 heavy (non-hydrogen) atoms. The van der Waals surface area contributed by atoms with E-state index in [-0.39, 0.29) is 0 Å². The number of carbonyl (C=O) groups is 1. The summed E-state index contributed by atoms with van der Waals surface area (Å²) in [5.41, 5.74) is 3.81. The van der Waals surface area contributed by atoms with Crippen LogP contribution >= 0.6 is 0 Å². The Morgan fingerprint density at radius 2 is 1.48 bits per heavy atom. The first-order chi connectivity index (χ1) is 15.3. The second kappa shape index (κ2) is 9.04. The number of nitrogens with zero attached hydrogens (tertiary/aromatic N) is 4. The van der Waals surface area contributed by atoms with Crippen LogP contribution in [-0.4, -0.2) is 47.0 Å². The predicted octanol–water partition coefficient (Wildman–Crippen LogP) is 4.92. The van der Waals surface area contributed by atoms with Gasteiger partial charge in [0.2, 0.25) is 5.91 Å². The van der Waals surface area contributed by atoms with E-state index in [0.29, 0.717) is 12.3 Å². The monoisotopic (exact) mass is 414 g/mol. The van der Waals surface area contributed by atoms with E-state index in [2.05, 4.69) is 17.0 Å². The van der Waals surface area contributed by atoms with E-state index >= 15 is 0 Å². The van der Waals surface area contributed by atoms with Crippen molar-refractivity contribution in [2.45, 2.75) is 38.5 Å². The first-order valence-corrected chi connectivity index (χ1v) is 11.6. The van der Waals surface area contributed by atoms with Gasteiger partial charge in [-0.05, 0) is 24.5 Å². The van der Waals surface area contributed by atoms with Gasteiger partial charge in [0.25, 0.3) is 0 Å². The number of carbonyl (C=O) groups excluding carboxylic acids is 1. The molecule has 0 bridgehead atoms. The smallest absolute Gasteiger partial charge is 0.222 e. The van der Waals surface area contributed by atoms with Gasteiger partial charge in [-0.1, -0.05) is 68.1 Å². The lowest BCUT2D eigenvalue weighted by Crippen LogP contribution is -2.49. The minimum atomic E-state index is 0.319. The topological polar surface area (TPSA) is 49.3 Å². The lowest BCUT2D eigenvalue weighted by atomic mass is 10.0. The molecule has 0 spiro atoms. The maximum atomic E-state index is 12.7. The molecule has 5 rings (SSSR count). The number of rotatable bonds is 5. The fourth-order valence-corrected chi connectivity index (χ4v) is 4.95. The highest BCUT2D eigenvalue weighted by Gasteiger charge is 2.25. The molecule has 0 N–H and O–H groups in total. The Hall–Kier alpha value is -2.95. The Bertz CT molecular complexity index is 1040. The van der Waals surface area contributed by atoms with Gasteiger partial charge in [-0.15, -0.1) is 0 Å². The first-order valence-electron chi connectivity index (χ1n) is 11.6. The van der Waals surface area contributed by atoms with Crippen molar-refractivity contribution in [3.8, 4) is 11.3 Å². The molecule has 1 aliphatic heterocycles. The minimum Gasteiger partial charge on any atom is -0.351 e. The van der Waals surface area contributed by atoms with Crippen molar-refractivity contribution < 1.29 is 4.79 Å². The Balaban J connectivity index is 1.32. The van der Waals surface area contributed by atoms with Gasteiger partial charge in [-0.3, -0.25) is 4.79 Å². The SMILES string of the molecule is O=C(CCC1CCCC1)N1CCN(c2nc3ccccc3nc2-c2ccccc2)CC1. The molecule has 0 radical (unpaired) electrons. The lowest BCUT2D eigenvalue weighted by molar-refractivity contribution is -0.131. The van der Waals surface area contributed by atoms with Gasteiger partial charge < -0.3 is 9.80 Å². The highest BCUT2D eigenvalue weighted by Crippen LogP contribution is 2.31. The first kappa shape index (κ1) is 20.0. The Kier molecular flexibility index (Phi) is 5.83. The van der Waals surface area contributed by atoms with Crippen LogP contribution < -0.4 is 4.90 Å². The van der Waals surface area contributed by atoms with Crippen LogP contribution in [-0.2, 0) is 4.79 Å². The summed E-state index contributed by atoms with van der Waals surface area (Å²) >= 11 is 0. The van der Waals surface area contributed by atoms with Crippen LogP contribution in [0.15, 0.2) is 54.6 Å². The summed E-state index contributed by atoms with van der Waals surface area (Å²) in [7, 11) is 0. The van der Waals surface area contributed by atoms with Crippen molar-refractivity contribution in [1.29, 1.82) is 0 Å². The summed E-state index contributed by atoms with van der Waals surface area (Å²) < 4.78 is 0. The van der Waals surface area contributed by atoms with E-state index in [1.54, 1.807) is 0 Å². The summed E-state index contributed by atoms with van der Waals surface area (Å²) in [4.78, 5) is 27.0. The summed E-state index contributed by atoms with van der Waals surface area (Å²) in [6.07, 6.45) is 7.07. The van der Waals surface area contributed by atoms with Crippen LogP contribution in [0.3, 0.4) is 0 Å². The second-order valence-corrected chi connectivity index (χ2v) is 8.81. The molecule has 1 aromatic heterocycles. The number of anilines is 1. The summed E-state index contributed by atoms with van der Waals surface area (Å²) in [5, 5.41) is 0. The zero-order chi connectivity index (χ0) is 21.0. The highest BCUT2D eigenvalue weighted by atomic mass is 16.2. The number of amides is 1. The van der Waals surface area contributed by atoms with Crippen LogP contribution in [0.5, 0.6) is 0 Å². The molecule has 2 aromatic carbocycles. The molecule has 0 atom stereocenters. The van der Waals surface area contributed by atoms with Crippen LogP contribution in [0.25, 0.3) is 22.3 Å². The van der Waals surface area contributed by atoms with Crippen molar-refractivity contribution in [2.24, 2.45) is 5.92 Å². The van der Waals surface area contributed by atoms with Gasteiger partial charge in [0.05, 0.1) is 11.0 Å². The lowest BCUT2D eigenvalue weighted by Gasteiger charge is -2.36. The second-order valence-electron chi connectivity index (χ2n) is 8.81. The third-order valence-corrected chi connectivity index (χ3v) is 6.77. The molecule has 1 saturated carbocycles. The number of hydrogen-bond donors (Lipinski definition) is 0. The molecule has 160 valence electrons. The van der Waals surface area contributed by atoms with Gasteiger partial charge in [0.1, 0.15) is 5.69 Å². The molecule has 5 nitrogen and oxygen atoms in total. The maximum Gasteiger partial charge on any atom is 0.222 e. The van der Waals surface area contributed by atoms with Gasteiger partial charge >= 0.3 is 0 Å². The van der Waals surface area contributed by atoms with Gasteiger partial charge in [-0.2, -0.15) is 0 Å². The molecular weight excluding hydrogens is 384 g/mol. The number of para-hydroxylation sites is 2. The van der Waals surface area contributed by atoms with Gasteiger partial charge in [0.15, 0.2) is 5.82 Å². The van der Waals surface area contributed by atoms with E-state index in [0.717, 1.165) is 66.6 Å². The number of aromatic nitrogens is 2. The van der Waals surface area contributed by atoms with Gasteiger partial charge in [-0.25, -0.2) is 9.97 Å². The fraction of sp³-hybridized carbons (Fsp3) is 0.423. The van der Waals surface area contributed by atoms with Crippen LogP contribution in [0.4, 0.5) is 5.82 Å². The molecule has 2 aliphatic rings. The summed E-state index contributed by atoms with van der Waals surface area (Å²) in [5.74, 6) is 2.01. The Labute approximate surface area is 184 Å².